The van der Waals surface area contributed by atoms with Crippen LogP contribution in [0.1, 0.15) is 25.6 Å². The summed E-state index contributed by atoms with van der Waals surface area (Å²) < 4.78 is 5.63. The molecule has 2 unspecified atom stereocenters. The third-order valence-electron chi connectivity index (χ3n) is 5.05. The first kappa shape index (κ1) is 15.4. The second-order valence-corrected chi connectivity index (χ2v) is 6.63. The number of aliphatic hydroxyl groups excluding tert-OH is 1. The third kappa shape index (κ3) is 2.52. The molecule has 24 heavy (non-hydrogen) atoms. The van der Waals surface area contributed by atoms with E-state index in [9.17, 15) is 9.90 Å². The van der Waals surface area contributed by atoms with E-state index in [0.29, 0.717) is 29.4 Å². The van der Waals surface area contributed by atoms with Gasteiger partial charge in [-0.15, -0.1) is 0 Å². The van der Waals surface area contributed by atoms with Crippen LogP contribution in [0.15, 0.2) is 33.5 Å². The average Bonchev–Trinajstić information content (AvgIpc) is 2.95. The van der Waals surface area contributed by atoms with Crippen LogP contribution in [0.5, 0.6) is 0 Å². The van der Waals surface area contributed by atoms with Crippen LogP contribution < -0.4 is 5.56 Å². The second-order valence-electron chi connectivity index (χ2n) is 6.63. The van der Waals surface area contributed by atoms with Gasteiger partial charge in [0.05, 0.1) is 13.2 Å². The smallest absolute Gasteiger partial charge is 0.294 e. The molecule has 1 aliphatic rings. The number of nitrogens with one attached hydrogen (secondary N) is 1. The lowest BCUT2D eigenvalue weighted by Crippen LogP contribution is -2.46. The van der Waals surface area contributed by atoms with E-state index in [0.717, 1.165) is 24.8 Å². The number of para-hydroxylation sites is 1. The SMILES string of the molecule is CC1CCCN(Cc2nc3c(oc4ccccc43)c(=O)[nH]2)C1CO. The molecule has 1 fully saturated rings. The Bertz CT molecular complexity index is 930. The molecule has 2 atom stereocenters. The topological polar surface area (TPSA) is 82.4 Å². The zero-order valence-electron chi connectivity index (χ0n) is 13.7. The summed E-state index contributed by atoms with van der Waals surface area (Å²) in [6, 6.07) is 7.65. The molecule has 1 saturated heterocycles. The zero-order chi connectivity index (χ0) is 16.7. The van der Waals surface area contributed by atoms with Crippen molar-refractivity contribution in [2.45, 2.75) is 32.4 Å². The van der Waals surface area contributed by atoms with Gasteiger partial charge < -0.3 is 14.5 Å². The highest BCUT2D eigenvalue weighted by Crippen LogP contribution is 2.26. The van der Waals surface area contributed by atoms with E-state index in [-0.39, 0.29) is 23.8 Å². The highest BCUT2D eigenvalue weighted by atomic mass is 16.3. The fourth-order valence-electron chi connectivity index (χ4n) is 3.74. The molecule has 0 bridgehead atoms. The Balaban J connectivity index is 1.74. The van der Waals surface area contributed by atoms with Crippen LogP contribution in [0.4, 0.5) is 0 Å². The molecule has 0 amide bonds. The molecule has 0 spiro atoms. The number of furan rings is 1. The van der Waals surface area contributed by atoms with Crippen LogP contribution in [-0.4, -0.2) is 39.2 Å². The monoisotopic (exact) mass is 327 g/mol. The molecule has 1 aliphatic heterocycles. The quantitative estimate of drug-likeness (QED) is 0.771. The van der Waals surface area contributed by atoms with Crippen molar-refractivity contribution >= 4 is 22.1 Å². The molecule has 2 N–H and O–H groups in total. The van der Waals surface area contributed by atoms with Gasteiger partial charge >= 0.3 is 0 Å². The molecule has 2 aromatic heterocycles. The number of likely N-dealkylation sites (tertiary alicyclic amines) is 1. The van der Waals surface area contributed by atoms with Gasteiger partial charge in [0, 0.05) is 11.4 Å². The highest BCUT2D eigenvalue weighted by molar-refractivity contribution is 6.01. The van der Waals surface area contributed by atoms with Gasteiger partial charge in [-0.1, -0.05) is 19.1 Å². The molecule has 126 valence electrons. The average molecular weight is 327 g/mol. The number of fused-ring (bicyclic) bond motifs is 3. The third-order valence-corrected chi connectivity index (χ3v) is 5.05. The standard InChI is InChI=1S/C18H21N3O3/c1-11-5-4-8-21(13(11)10-22)9-15-19-16-12-6-2-3-7-14(12)24-17(16)18(23)20-15/h2-3,6-7,11,13,22H,4-5,8-10H2,1H3,(H,19,20,23). The molecule has 4 rings (SSSR count). The number of nitrogens with zero attached hydrogens (tertiary/aromatic N) is 2. The van der Waals surface area contributed by atoms with Crippen LogP contribution in [0, 0.1) is 5.92 Å². The maximum Gasteiger partial charge on any atom is 0.294 e. The van der Waals surface area contributed by atoms with Crippen LogP contribution in [0.3, 0.4) is 0 Å². The van der Waals surface area contributed by atoms with Gasteiger partial charge in [0.15, 0.2) is 0 Å². The van der Waals surface area contributed by atoms with E-state index < -0.39 is 0 Å². The fraction of sp³-hybridized carbons (Fsp3) is 0.444. The highest BCUT2D eigenvalue weighted by Gasteiger charge is 2.28. The predicted octanol–water partition coefficient (Wildman–Crippen LogP) is 2.26. The lowest BCUT2D eigenvalue weighted by molar-refractivity contribution is 0.0454. The summed E-state index contributed by atoms with van der Waals surface area (Å²) in [6.45, 7) is 3.72. The molecule has 0 radical (unpaired) electrons. The predicted molar refractivity (Wildman–Crippen MR) is 91.8 cm³/mol. The molecule has 6 heteroatoms. The summed E-state index contributed by atoms with van der Waals surface area (Å²) in [5.74, 6) is 1.06. The molecule has 6 nitrogen and oxygen atoms in total. The number of benzene rings is 1. The number of aliphatic hydroxyl groups is 1. The van der Waals surface area contributed by atoms with Crippen LogP contribution in [0.25, 0.3) is 22.1 Å². The minimum Gasteiger partial charge on any atom is -0.449 e. The van der Waals surface area contributed by atoms with Crippen molar-refractivity contribution in [2.75, 3.05) is 13.2 Å². The van der Waals surface area contributed by atoms with Crippen molar-refractivity contribution in [3.8, 4) is 0 Å². The van der Waals surface area contributed by atoms with E-state index in [1.165, 1.54) is 0 Å². The van der Waals surface area contributed by atoms with Gasteiger partial charge in [0.2, 0.25) is 5.58 Å². The Hall–Kier alpha value is -2.18. The summed E-state index contributed by atoms with van der Waals surface area (Å²) in [5, 5.41) is 10.5. The maximum absolute atomic E-state index is 12.4. The first-order valence-electron chi connectivity index (χ1n) is 8.42. The molecule has 0 saturated carbocycles. The lowest BCUT2D eigenvalue weighted by Gasteiger charge is -2.38. The Morgan fingerprint density at radius 3 is 3.08 bits per heavy atom. The van der Waals surface area contributed by atoms with Gasteiger partial charge in [-0.3, -0.25) is 9.69 Å². The number of rotatable bonds is 3. The van der Waals surface area contributed by atoms with E-state index in [1.54, 1.807) is 0 Å². The van der Waals surface area contributed by atoms with Crippen molar-refractivity contribution in [2.24, 2.45) is 5.92 Å². The summed E-state index contributed by atoms with van der Waals surface area (Å²) in [4.78, 5) is 22.1. The lowest BCUT2D eigenvalue weighted by atomic mass is 9.91. The Morgan fingerprint density at radius 1 is 1.42 bits per heavy atom. The maximum atomic E-state index is 12.4. The van der Waals surface area contributed by atoms with Gasteiger partial charge in [-0.25, -0.2) is 4.98 Å². The Kier molecular flexibility index (Phi) is 3.86. The van der Waals surface area contributed by atoms with Crippen molar-refractivity contribution < 1.29 is 9.52 Å². The van der Waals surface area contributed by atoms with Crippen molar-refractivity contribution in [3.05, 3.63) is 40.4 Å². The van der Waals surface area contributed by atoms with Crippen LogP contribution in [0.2, 0.25) is 0 Å². The van der Waals surface area contributed by atoms with Crippen molar-refractivity contribution in [3.63, 3.8) is 0 Å². The molecular formula is C18H21N3O3. The van der Waals surface area contributed by atoms with E-state index in [2.05, 4.69) is 21.8 Å². The zero-order valence-corrected chi connectivity index (χ0v) is 13.7. The summed E-state index contributed by atoms with van der Waals surface area (Å²) in [6.07, 6.45) is 2.22. The molecule has 3 heterocycles. The molecular weight excluding hydrogens is 306 g/mol. The molecule has 1 aromatic carbocycles. The molecule has 0 aliphatic carbocycles. The largest absolute Gasteiger partial charge is 0.449 e. The first-order valence-corrected chi connectivity index (χ1v) is 8.42. The fourth-order valence-corrected chi connectivity index (χ4v) is 3.74. The number of aromatic nitrogens is 2. The van der Waals surface area contributed by atoms with Crippen molar-refractivity contribution in [1.82, 2.24) is 14.9 Å². The Labute approximate surface area is 139 Å². The van der Waals surface area contributed by atoms with Gasteiger partial charge in [-0.2, -0.15) is 0 Å². The summed E-state index contributed by atoms with van der Waals surface area (Å²) in [5.41, 5.74) is 1.29. The van der Waals surface area contributed by atoms with Crippen molar-refractivity contribution in [1.29, 1.82) is 0 Å². The first-order chi connectivity index (χ1) is 11.7. The minimum atomic E-state index is -0.253. The number of H-pyrrole nitrogens is 1. The minimum absolute atomic E-state index is 0.112. The molecule has 3 aromatic rings. The van der Waals surface area contributed by atoms with Crippen LogP contribution >= 0.6 is 0 Å². The summed E-state index contributed by atoms with van der Waals surface area (Å²) in [7, 11) is 0. The Morgan fingerprint density at radius 2 is 2.25 bits per heavy atom. The number of aromatic amines is 1. The number of hydrogen-bond donors (Lipinski definition) is 2. The van der Waals surface area contributed by atoms with E-state index in [1.807, 2.05) is 24.3 Å². The van der Waals surface area contributed by atoms with E-state index >= 15 is 0 Å². The van der Waals surface area contributed by atoms with E-state index in [4.69, 9.17) is 4.42 Å². The van der Waals surface area contributed by atoms with Gasteiger partial charge in [0.25, 0.3) is 5.56 Å². The second kappa shape index (κ2) is 6.03. The normalized spacial score (nSPS) is 22.4. The van der Waals surface area contributed by atoms with Gasteiger partial charge in [0.1, 0.15) is 16.9 Å². The number of hydrogen-bond acceptors (Lipinski definition) is 5. The number of piperidine rings is 1. The summed E-state index contributed by atoms with van der Waals surface area (Å²) >= 11 is 0. The van der Waals surface area contributed by atoms with Crippen LogP contribution in [-0.2, 0) is 6.54 Å². The van der Waals surface area contributed by atoms with Gasteiger partial charge in [-0.05, 0) is 37.4 Å².